The monoisotopic (exact) mass is 251 g/mol. The molecular weight excluding hydrogens is 230 g/mol. The van der Waals surface area contributed by atoms with Gasteiger partial charge in [-0.25, -0.2) is 9.78 Å². The normalized spacial score (nSPS) is 16.9. The molecule has 2 heterocycles. The van der Waals surface area contributed by atoms with Gasteiger partial charge in [0.05, 0.1) is 12.7 Å². The number of rotatable bonds is 3. The van der Waals surface area contributed by atoms with Crippen LogP contribution >= 0.6 is 0 Å². The summed E-state index contributed by atoms with van der Waals surface area (Å²) in [7, 11) is 0. The second-order valence-electron chi connectivity index (χ2n) is 4.90. The fourth-order valence-electron chi connectivity index (χ4n) is 2.07. The van der Waals surface area contributed by atoms with Crippen molar-refractivity contribution in [3.05, 3.63) is 17.8 Å². The van der Waals surface area contributed by atoms with Gasteiger partial charge < -0.3 is 14.6 Å². The van der Waals surface area contributed by atoms with Gasteiger partial charge in [0.1, 0.15) is 5.76 Å². The van der Waals surface area contributed by atoms with Crippen molar-refractivity contribution in [3.63, 3.8) is 0 Å². The number of aromatic nitrogens is 1. The zero-order valence-electron chi connectivity index (χ0n) is 11.1. The Morgan fingerprint density at radius 2 is 2.28 bits per heavy atom. The second-order valence-corrected chi connectivity index (χ2v) is 4.90. The number of piperidine rings is 1. The van der Waals surface area contributed by atoms with Gasteiger partial charge in [-0.2, -0.15) is 0 Å². The van der Waals surface area contributed by atoms with Crippen molar-refractivity contribution in [1.29, 1.82) is 0 Å². The molecule has 1 aromatic rings. The van der Waals surface area contributed by atoms with Crippen LogP contribution in [0.4, 0.5) is 4.79 Å². The summed E-state index contributed by atoms with van der Waals surface area (Å²) in [5.41, 5.74) is 0. The van der Waals surface area contributed by atoms with Crippen LogP contribution in [0.2, 0.25) is 0 Å². The van der Waals surface area contributed by atoms with Gasteiger partial charge in [-0.3, -0.25) is 0 Å². The Kier molecular flexibility index (Phi) is 4.23. The van der Waals surface area contributed by atoms with Gasteiger partial charge >= 0.3 is 6.03 Å². The van der Waals surface area contributed by atoms with E-state index in [1.165, 1.54) is 0 Å². The molecule has 5 heteroatoms. The molecule has 5 nitrogen and oxygen atoms in total. The fraction of sp³-hybridized carbons (Fsp3) is 0.692. The molecule has 1 fully saturated rings. The zero-order valence-corrected chi connectivity index (χ0v) is 11.1. The zero-order chi connectivity index (χ0) is 13.0. The van der Waals surface area contributed by atoms with Crippen LogP contribution in [0.5, 0.6) is 0 Å². The van der Waals surface area contributed by atoms with E-state index < -0.39 is 0 Å². The number of hydrogen-bond acceptors (Lipinski definition) is 3. The summed E-state index contributed by atoms with van der Waals surface area (Å²) in [6.07, 6.45) is 4.72. The number of likely N-dealkylation sites (tertiary alicyclic amines) is 1. The van der Waals surface area contributed by atoms with Gasteiger partial charge in [0.25, 0.3) is 0 Å². The highest BCUT2D eigenvalue weighted by atomic mass is 16.4. The lowest BCUT2D eigenvalue weighted by Crippen LogP contribution is -2.43. The first-order chi connectivity index (χ1) is 8.69. The summed E-state index contributed by atoms with van der Waals surface area (Å²) in [6.45, 7) is 6.30. The molecule has 0 atom stereocenters. The average molecular weight is 251 g/mol. The number of carbonyl (C=O) groups excluding carboxylic acids is 1. The number of nitrogens with zero attached hydrogens (tertiary/aromatic N) is 2. The summed E-state index contributed by atoms with van der Waals surface area (Å²) in [5, 5.41) is 2.85. The molecule has 1 saturated heterocycles. The van der Waals surface area contributed by atoms with Crippen LogP contribution in [0.1, 0.15) is 38.3 Å². The lowest BCUT2D eigenvalue weighted by Gasteiger charge is -2.30. The molecule has 0 spiro atoms. The summed E-state index contributed by atoms with van der Waals surface area (Å²) < 4.78 is 5.44. The number of hydrogen-bond donors (Lipinski definition) is 1. The van der Waals surface area contributed by atoms with Gasteiger partial charge in [-0.1, -0.05) is 13.8 Å². The molecule has 0 bridgehead atoms. The van der Waals surface area contributed by atoms with Gasteiger partial charge in [0.15, 0.2) is 0 Å². The molecule has 2 rings (SSSR count). The molecule has 0 aromatic carbocycles. The minimum atomic E-state index is -0.0156. The van der Waals surface area contributed by atoms with E-state index in [-0.39, 0.29) is 6.03 Å². The van der Waals surface area contributed by atoms with Gasteiger partial charge in [-0.15, -0.1) is 0 Å². The summed E-state index contributed by atoms with van der Waals surface area (Å²) in [5.74, 6) is 2.16. The van der Waals surface area contributed by atoms with Crippen molar-refractivity contribution < 1.29 is 9.21 Å². The molecule has 1 aliphatic heterocycles. The van der Waals surface area contributed by atoms with E-state index in [1.54, 1.807) is 6.20 Å². The van der Waals surface area contributed by atoms with Crippen LogP contribution in [0.15, 0.2) is 10.6 Å². The van der Waals surface area contributed by atoms with Crippen molar-refractivity contribution >= 4 is 6.03 Å². The highest BCUT2D eigenvalue weighted by Crippen LogP contribution is 2.15. The van der Waals surface area contributed by atoms with Crippen LogP contribution in [0.25, 0.3) is 0 Å². The Balaban J connectivity index is 1.77. The highest BCUT2D eigenvalue weighted by Gasteiger charge is 2.20. The molecule has 1 aromatic heterocycles. The Labute approximate surface area is 108 Å². The first kappa shape index (κ1) is 12.9. The molecule has 1 aliphatic rings. The Morgan fingerprint density at radius 3 is 2.89 bits per heavy atom. The largest absolute Gasteiger partial charge is 0.444 e. The number of oxazole rings is 1. The number of nitrogens with one attached hydrogen (secondary N) is 1. The average Bonchev–Trinajstić information content (AvgIpc) is 2.85. The maximum atomic E-state index is 11.9. The predicted octanol–water partition coefficient (Wildman–Crippen LogP) is 2.18. The summed E-state index contributed by atoms with van der Waals surface area (Å²) >= 11 is 0. The van der Waals surface area contributed by atoms with Crippen molar-refractivity contribution in [3.8, 4) is 0 Å². The Morgan fingerprint density at radius 1 is 1.56 bits per heavy atom. The van der Waals surface area contributed by atoms with Crippen LogP contribution in [0.3, 0.4) is 0 Å². The van der Waals surface area contributed by atoms with E-state index in [0.29, 0.717) is 12.4 Å². The Hall–Kier alpha value is -1.52. The van der Waals surface area contributed by atoms with E-state index >= 15 is 0 Å². The number of aryl methyl sites for hydroxylation is 1. The van der Waals surface area contributed by atoms with Crippen LogP contribution in [0, 0.1) is 5.92 Å². The Bertz CT molecular complexity index is 395. The molecule has 0 radical (unpaired) electrons. The molecule has 0 aliphatic carbocycles. The summed E-state index contributed by atoms with van der Waals surface area (Å²) in [6, 6.07) is -0.0156. The fourth-order valence-corrected chi connectivity index (χ4v) is 2.07. The van der Waals surface area contributed by atoms with E-state index in [1.807, 2.05) is 11.8 Å². The standard InChI is InChI=1S/C13H21N3O2/c1-3-11-8-14-12(18-11)9-15-13(17)16-6-4-10(2)5-7-16/h8,10H,3-7,9H2,1-2H3,(H,15,17). The third kappa shape index (κ3) is 3.24. The van der Waals surface area contributed by atoms with Crippen molar-refractivity contribution in [2.45, 2.75) is 39.7 Å². The SMILES string of the molecule is CCc1cnc(CNC(=O)N2CCC(C)CC2)o1. The molecule has 2 amide bonds. The maximum absolute atomic E-state index is 11.9. The maximum Gasteiger partial charge on any atom is 0.317 e. The quantitative estimate of drug-likeness (QED) is 0.895. The van der Waals surface area contributed by atoms with Crippen molar-refractivity contribution in [2.75, 3.05) is 13.1 Å². The molecule has 18 heavy (non-hydrogen) atoms. The van der Waals surface area contributed by atoms with Crippen LogP contribution < -0.4 is 5.32 Å². The molecule has 0 unspecified atom stereocenters. The highest BCUT2D eigenvalue weighted by molar-refractivity contribution is 5.74. The molecule has 100 valence electrons. The second kappa shape index (κ2) is 5.89. The smallest absolute Gasteiger partial charge is 0.317 e. The van der Waals surface area contributed by atoms with Crippen LogP contribution in [-0.4, -0.2) is 29.0 Å². The van der Waals surface area contributed by atoms with Crippen molar-refractivity contribution in [2.24, 2.45) is 5.92 Å². The van der Waals surface area contributed by atoms with Gasteiger partial charge in [0.2, 0.25) is 5.89 Å². The first-order valence-corrected chi connectivity index (χ1v) is 6.65. The number of carbonyl (C=O) groups is 1. The van der Waals surface area contributed by atoms with E-state index in [0.717, 1.165) is 44.0 Å². The first-order valence-electron chi connectivity index (χ1n) is 6.65. The molecular formula is C13H21N3O2. The molecule has 1 N–H and O–H groups in total. The van der Waals surface area contributed by atoms with E-state index in [9.17, 15) is 4.79 Å². The van der Waals surface area contributed by atoms with Gasteiger partial charge in [0, 0.05) is 19.5 Å². The van der Waals surface area contributed by atoms with Gasteiger partial charge in [-0.05, 0) is 18.8 Å². The minimum absolute atomic E-state index is 0.0156. The van der Waals surface area contributed by atoms with Crippen molar-refractivity contribution in [1.82, 2.24) is 15.2 Å². The number of amides is 2. The minimum Gasteiger partial charge on any atom is -0.444 e. The van der Waals surface area contributed by atoms with E-state index in [4.69, 9.17) is 4.42 Å². The third-order valence-corrected chi connectivity index (χ3v) is 3.41. The lowest BCUT2D eigenvalue weighted by atomic mass is 10.00. The van der Waals surface area contributed by atoms with E-state index in [2.05, 4.69) is 17.2 Å². The molecule has 0 saturated carbocycles. The van der Waals surface area contributed by atoms with Crippen LogP contribution in [-0.2, 0) is 13.0 Å². The summed E-state index contributed by atoms with van der Waals surface area (Å²) in [4.78, 5) is 17.9. The lowest BCUT2D eigenvalue weighted by molar-refractivity contribution is 0.172. The third-order valence-electron chi connectivity index (χ3n) is 3.41. The number of urea groups is 1. The topological polar surface area (TPSA) is 58.4 Å². The predicted molar refractivity (Wildman–Crippen MR) is 68.1 cm³/mol.